The first-order valence-corrected chi connectivity index (χ1v) is 6.32. The monoisotopic (exact) mass is 288 g/mol. The second-order valence-corrected chi connectivity index (χ2v) is 5.64. The van der Waals surface area contributed by atoms with Crippen LogP contribution in [0.5, 0.6) is 0 Å². The van der Waals surface area contributed by atoms with Crippen molar-refractivity contribution in [3.05, 3.63) is 27.7 Å². The Labute approximate surface area is 115 Å². The van der Waals surface area contributed by atoms with E-state index in [9.17, 15) is 9.90 Å². The molecule has 18 heavy (non-hydrogen) atoms. The number of hydrogen-bond donors (Lipinski definition) is 2. The van der Waals surface area contributed by atoms with Crippen LogP contribution in [0.2, 0.25) is 10.0 Å². The lowest BCUT2D eigenvalue weighted by molar-refractivity contribution is 0.0572. The molecule has 98 valence electrons. The van der Waals surface area contributed by atoms with E-state index < -0.39 is 5.60 Å². The Bertz CT molecular complexity index is 480. The number of amides is 1. The first-order chi connectivity index (χ1) is 8.30. The predicted octanol–water partition coefficient (Wildman–Crippen LogP) is 2.17. The molecule has 2 rings (SSSR count). The highest BCUT2D eigenvalue weighted by Crippen LogP contribution is 2.30. The largest absolute Gasteiger partial charge is 0.396 e. The van der Waals surface area contributed by atoms with Crippen LogP contribution in [0.1, 0.15) is 23.7 Å². The van der Waals surface area contributed by atoms with Gasteiger partial charge in [-0.1, -0.05) is 23.2 Å². The Hall–Kier alpha value is -0.970. The summed E-state index contributed by atoms with van der Waals surface area (Å²) in [6.45, 7) is 2.54. The van der Waals surface area contributed by atoms with Crippen LogP contribution in [-0.2, 0) is 0 Å². The van der Waals surface area contributed by atoms with Gasteiger partial charge in [-0.3, -0.25) is 4.79 Å². The molecule has 0 radical (unpaired) electrons. The van der Waals surface area contributed by atoms with E-state index in [1.807, 2.05) is 0 Å². The number of benzene rings is 1. The zero-order chi connectivity index (χ0) is 13.5. The molecule has 0 aliphatic carbocycles. The zero-order valence-electron chi connectivity index (χ0n) is 9.91. The lowest BCUT2D eigenvalue weighted by Crippen LogP contribution is -2.33. The third kappa shape index (κ3) is 2.55. The van der Waals surface area contributed by atoms with Crippen molar-refractivity contribution in [1.82, 2.24) is 4.90 Å². The fraction of sp³-hybridized carbons (Fsp3) is 0.417. The summed E-state index contributed by atoms with van der Waals surface area (Å²) in [5, 5.41) is 10.4. The average molecular weight is 289 g/mol. The first kappa shape index (κ1) is 13.5. The topological polar surface area (TPSA) is 66.6 Å². The molecular weight excluding hydrogens is 275 g/mol. The summed E-state index contributed by atoms with van der Waals surface area (Å²) in [6.07, 6.45) is 0.565. The van der Waals surface area contributed by atoms with Gasteiger partial charge in [-0.2, -0.15) is 0 Å². The van der Waals surface area contributed by atoms with Gasteiger partial charge in [-0.25, -0.2) is 0 Å². The highest BCUT2D eigenvalue weighted by molar-refractivity contribution is 6.39. The van der Waals surface area contributed by atoms with Crippen molar-refractivity contribution in [2.24, 2.45) is 0 Å². The number of nitrogens with zero attached hydrogens (tertiary/aromatic N) is 1. The van der Waals surface area contributed by atoms with Crippen molar-refractivity contribution in [3.63, 3.8) is 0 Å². The smallest absolute Gasteiger partial charge is 0.254 e. The van der Waals surface area contributed by atoms with Crippen LogP contribution in [0, 0.1) is 0 Å². The number of aliphatic hydroxyl groups is 1. The van der Waals surface area contributed by atoms with Crippen molar-refractivity contribution in [2.45, 2.75) is 18.9 Å². The number of anilines is 1. The van der Waals surface area contributed by atoms with Crippen molar-refractivity contribution < 1.29 is 9.90 Å². The van der Waals surface area contributed by atoms with Crippen molar-refractivity contribution in [2.75, 3.05) is 18.8 Å². The van der Waals surface area contributed by atoms with Crippen LogP contribution < -0.4 is 5.73 Å². The summed E-state index contributed by atoms with van der Waals surface area (Å²) >= 11 is 11.8. The minimum atomic E-state index is -0.822. The van der Waals surface area contributed by atoms with E-state index in [1.54, 1.807) is 11.8 Å². The van der Waals surface area contributed by atoms with E-state index in [0.29, 0.717) is 25.1 Å². The molecular formula is C12H14Cl2N2O2. The first-order valence-electron chi connectivity index (χ1n) is 5.56. The molecule has 1 fully saturated rings. The van der Waals surface area contributed by atoms with Gasteiger partial charge in [0, 0.05) is 18.7 Å². The Morgan fingerprint density at radius 2 is 2.00 bits per heavy atom. The number of carbonyl (C=O) groups is 1. The van der Waals surface area contributed by atoms with Gasteiger partial charge in [0.05, 0.1) is 21.3 Å². The van der Waals surface area contributed by atoms with Gasteiger partial charge in [0.1, 0.15) is 0 Å². The van der Waals surface area contributed by atoms with Crippen LogP contribution in [0.3, 0.4) is 0 Å². The molecule has 1 aliphatic rings. The average Bonchev–Trinajstić information content (AvgIpc) is 2.65. The minimum absolute atomic E-state index is 0.198. The molecule has 1 aromatic rings. The molecule has 0 bridgehead atoms. The number of halogens is 2. The van der Waals surface area contributed by atoms with Crippen LogP contribution in [0.4, 0.5) is 5.69 Å². The SMILES string of the molecule is CC1(O)CCN(C(=O)c2cc(Cl)c(N)c(Cl)c2)C1. The van der Waals surface area contributed by atoms with Gasteiger partial charge in [0.25, 0.3) is 5.91 Å². The molecule has 1 unspecified atom stereocenters. The molecule has 0 spiro atoms. The summed E-state index contributed by atoms with van der Waals surface area (Å²) < 4.78 is 0. The molecule has 4 nitrogen and oxygen atoms in total. The number of nitrogen functional groups attached to an aromatic ring is 1. The quantitative estimate of drug-likeness (QED) is 0.779. The predicted molar refractivity (Wildman–Crippen MR) is 72.0 cm³/mol. The van der Waals surface area contributed by atoms with Gasteiger partial charge in [-0.05, 0) is 25.5 Å². The molecule has 1 atom stereocenters. The van der Waals surface area contributed by atoms with E-state index >= 15 is 0 Å². The standard InChI is InChI=1S/C12H14Cl2N2O2/c1-12(18)2-3-16(6-12)11(17)7-4-8(13)10(15)9(14)5-7/h4-5,18H,2-3,6,15H2,1H3. The number of carbonyl (C=O) groups excluding carboxylic acids is 1. The second kappa shape index (κ2) is 4.61. The lowest BCUT2D eigenvalue weighted by Gasteiger charge is -2.19. The van der Waals surface area contributed by atoms with E-state index in [-0.39, 0.29) is 21.6 Å². The van der Waals surface area contributed by atoms with Gasteiger partial charge < -0.3 is 15.7 Å². The second-order valence-electron chi connectivity index (χ2n) is 4.83. The molecule has 1 saturated heterocycles. The van der Waals surface area contributed by atoms with Gasteiger partial charge in [-0.15, -0.1) is 0 Å². The van der Waals surface area contributed by atoms with E-state index in [0.717, 1.165) is 0 Å². The van der Waals surface area contributed by atoms with Gasteiger partial charge in [0.2, 0.25) is 0 Å². The van der Waals surface area contributed by atoms with Crippen molar-refractivity contribution in [3.8, 4) is 0 Å². The molecule has 1 heterocycles. The fourth-order valence-corrected chi connectivity index (χ4v) is 2.50. The number of nitrogens with two attached hydrogens (primary N) is 1. The molecule has 1 aromatic carbocycles. The Morgan fingerprint density at radius 3 is 2.44 bits per heavy atom. The zero-order valence-corrected chi connectivity index (χ0v) is 11.4. The fourth-order valence-electron chi connectivity index (χ4n) is 2.01. The maximum atomic E-state index is 12.2. The number of likely N-dealkylation sites (tertiary alicyclic amines) is 1. The van der Waals surface area contributed by atoms with Gasteiger partial charge in [0.15, 0.2) is 0 Å². The molecule has 6 heteroatoms. The van der Waals surface area contributed by atoms with E-state index in [1.165, 1.54) is 12.1 Å². The van der Waals surface area contributed by atoms with Crippen LogP contribution >= 0.6 is 23.2 Å². The van der Waals surface area contributed by atoms with E-state index in [4.69, 9.17) is 28.9 Å². The van der Waals surface area contributed by atoms with Crippen LogP contribution in [-0.4, -0.2) is 34.6 Å². The summed E-state index contributed by atoms with van der Waals surface area (Å²) in [7, 11) is 0. The summed E-state index contributed by atoms with van der Waals surface area (Å²) in [5.41, 5.74) is 5.45. The maximum absolute atomic E-state index is 12.2. The highest BCUT2D eigenvalue weighted by atomic mass is 35.5. The summed E-state index contributed by atoms with van der Waals surface area (Å²) in [6, 6.07) is 3.00. The summed E-state index contributed by atoms with van der Waals surface area (Å²) in [4.78, 5) is 13.8. The number of β-amino-alcohol motifs (C(OH)–C–C–N with tert-alkyl or cyclic N) is 1. The molecule has 1 aliphatic heterocycles. The Morgan fingerprint density at radius 1 is 1.44 bits per heavy atom. The molecule has 3 N–H and O–H groups in total. The molecule has 0 aromatic heterocycles. The third-order valence-electron chi connectivity index (χ3n) is 3.07. The Balaban J connectivity index is 2.25. The molecule has 1 amide bonds. The minimum Gasteiger partial charge on any atom is -0.396 e. The van der Waals surface area contributed by atoms with Crippen LogP contribution in [0.25, 0.3) is 0 Å². The summed E-state index contributed by atoms with van der Waals surface area (Å²) in [5.74, 6) is -0.198. The van der Waals surface area contributed by atoms with Crippen molar-refractivity contribution in [1.29, 1.82) is 0 Å². The number of hydrogen-bond acceptors (Lipinski definition) is 3. The van der Waals surface area contributed by atoms with E-state index in [2.05, 4.69) is 0 Å². The third-order valence-corrected chi connectivity index (χ3v) is 3.69. The lowest BCUT2D eigenvalue weighted by atomic mass is 10.1. The maximum Gasteiger partial charge on any atom is 0.254 e. The van der Waals surface area contributed by atoms with Gasteiger partial charge >= 0.3 is 0 Å². The normalized spacial score (nSPS) is 23.4. The molecule has 0 saturated carbocycles. The number of rotatable bonds is 1. The van der Waals surface area contributed by atoms with Crippen LogP contribution in [0.15, 0.2) is 12.1 Å². The Kier molecular flexibility index (Phi) is 3.45. The van der Waals surface area contributed by atoms with Crippen molar-refractivity contribution >= 4 is 34.8 Å². The highest BCUT2D eigenvalue weighted by Gasteiger charge is 2.34.